The Kier molecular flexibility index (Phi) is 11.8. The number of pyridine rings is 1. The van der Waals surface area contributed by atoms with Gasteiger partial charge in [-0.15, -0.1) is 0 Å². The molecule has 0 radical (unpaired) electrons. The first kappa shape index (κ1) is 33.5. The van der Waals surface area contributed by atoms with Crippen LogP contribution < -0.4 is 15.5 Å². The van der Waals surface area contributed by atoms with Gasteiger partial charge in [0.1, 0.15) is 18.5 Å². The summed E-state index contributed by atoms with van der Waals surface area (Å²) in [5.41, 5.74) is 4.12. The number of ether oxygens (including phenoxy) is 1. The molecule has 3 N–H and O–H groups in total. The molecule has 4 aromatic rings. The molecule has 12 nitrogen and oxygen atoms in total. The number of hydrogen-bond acceptors (Lipinski definition) is 11. The third-order valence-corrected chi connectivity index (χ3v) is 8.06. The molecule has 246 valence electrons. The number of carbonyl (C=O) groups excluding carboxylic acids is 2. The van der Waals surface area contributed by atoms with Crippen molar-refractivity contribution in [3.63, 3.8) is 0 Å². The summed E-state index contributed by atoms with van der Waals surface area (Å²) in [5.74, 6) is 0.914. The van der Waals surface area contributed by atoms with Crippen molar-refractivity contribution < 1.29 is 19.4 Å². The van der Waals surface area contributed by atoms with E-state index in [1.807, 2.05) is 84.7 Å². The van der Waals surface area contributed by atoms with Gasteiger partial charge in [0.05, 0.1) is 18.8 Å². The van der Waals surface area contributed by atoms with Gasteiger partial charge in [0.15, 0.2) is 0 Å². The number of nitrogens with zero attached hydrogens (tertiary/aromatic N) is 6. The van der Waals surface area contributed by atoms with E-state index in [4.69, 9.17) is 4.74 Å². The summed E-state index contributed by atoms with van der Waals surface area (Å²) in [6, 6.07) is 22.3. The zero-order valence-corrected chi connectivity index (χ0v) is 26.9. The van der Waals surface area contributed by atoms with E-state index >= 15 is 0 Å². The van der Waals surface area contributed by atoms with Gasteiger partial charge in [0, 0.05) is 70.5 Å². The van der Waals surface area contributed by atoms with Crippen LogP contribution in [0, 0.1) is 0 Å². The number of benzene rings is 2. The fourth-order valence-corrected chi connectivity index (χ4v) is 5.29. The quantitative estimate of drug-likeness (QED) is 0.176. The van der Waals surface area contributed by atoms with Crippen LogP contribution in [0.2, 0.25) is 0 Å². The van der Waals surface area contributed by atoms with Gasteiger partial charge in [-0.2, -0.15) is 0 Å². The topological polar surface area (TPSA) is 136 Å². The number of nitrogens with one attached hydrogen (secondary N) is 2. The molecule has 47 heavy (non-hydrogen) atoms. The number of anilines is 3. The molecule has 1 aliphatic heterocycles. The number of carbonyl (C=O) groups is 2. The van der Waals surface area contributed by atoms with Crippen LogP contribution in [0.4, 0.5) is 17.5 Å². The molecule has 1 saturated heterocycles. The second-order valence-corrected chi connectivity index (χ2v) is 11.5. The molecule has 0 spiro atoms. The third kappa shape index (κ3) is 9.55. The zero-order valence-electron chi connectivity index (χ0n) is 26.9. The SMILES string of the molecule is CN(CCCN(C)c1ccc(-c2ccnc(Nc3cccc(CO)c3)n2)cn1)C(=O)CN1CCNCC1C(=O)OCc1ccccc1. The van der Waals surface area contributed by atoms with Crippen molar-refractivity contribution in [3.8, 4) is 11.3 Å². The first-order chi connectivity index (χ1) is 22.9. The minimum absolute atomic E-state index is 0.0299. The average Bonchev–Trinajstić information content (AvgIpc) is 3.11. The fraction of sp³-hybridized carbons (Fsp3) is 0.343. The van der Waals surface area contributed by atoms with Crippen LogP contribution in [0.3, 0.4) is 0 Å². The maximum Gasteiger partial charge on any atom is 0.325 e. The summed E-state index contributed by atoms with van der Waals surface area (Å²) >= 11 is 0. The molecule has 0 saturated carbocycles. The van der Waals surface area contributed by atoms with Gasteiger partial charge < -0.3 is 30.3 Å². The van der Waals surface area contributed by atoms with Crippen LogP contribution in [0.25, 0.3) is 11.3 Å². The van der Waals surface area contributed by atoms with E-state index in [9.17, 15) is 14.7 Å². The molecular formula is C35H42N8O4. The molecule has 0 bridgehead atoms. The van der Waals surface area contributed by atoms with Gasteiger partial charge in [-0.1, -0.05) is 42.5 Å². The summed E-state index contributed by atoms with van der Waals surface area (Å²) in [6.07, 6.45) is 4.23. The van der Waals surface area contributed by atoms with E-state index in [-0.39, 0.29) is 31.6 Å². The number of rotatable bonds is 14. The van der Waals surface area contributed by atoms with E-state index in [0.29, 0.717) is 38.7 Å². The fourth-order valence-electron chi connectivity index (χ4n) is 5.29. The summed E-state index contributed by atoms with van der Waals surface area (Å²) in [7, 11) is 3.78. The molecule has 12 heteroatoms. The lowest BCUT2D eigenvalue weighted by Crippen LogP contribution is -2.57. The van der Waals surface area contributed by atoms with E-state index in [2.05, 4.69) is 30.5 Å². The highest BCUT2D eigenvalue weighted by Crippen LogP contribution is 2.21. The van der Waals surface area contributed by atoms with Gasteiger partial charge in [-0.3, -0.25) is 14.5 Å². The Hall–Kier alpha value is -4.91. The van der Waals surface area contributed by atoms with Crippen LogP contribution in [0.15, 0.2) is 85.2 Å². The van der Waals surface area contributed by atoms with Crippen molar-refractivity contribution in [2.45, 2.75) is 25.7 Å². The lowest BCUT2D eigenvalue weighted by Gasteiger charge is -2.35. The Morgan fingerprint density at radius 3 is 2.64 bits per heavy atom. The molecule has 1 fully saturated rings. The van der Waals surface area contributed by atoms with Crippen molar-refractivity contribution in [2.24, 2.45) is 0 Å². The number of likely N-dealkylation sites (N-methyl/N-ethyl adjacent to an activating group) is 1. The Morgan fingerprint density at radius 1 is 1.02 bits per heavy atom. The normalized spacial score (nSPS) is 14.7. The second kappa shape index (κ2) is 16.6. The molecule has 1 amide bonds. The maximum absolute atomic E-state index is 13.1. The standard InChI is InChI=1S/C35H42N8O4/c1-41(32-13-12-28(21-38-32)30-14-15-37-35(40-30)39-29-11-6-10-27(20-29)24-44)17-7-18-42(2)33(45)23-43-19-16-36-22-31(43)34(46)47-25-26-8-4-3-5-9-26/h3-6,8-15,20-21,31,36,44H,7,16-19,22-25H2,1-2H3,(H,37,39,40). The molecule has 1 atom stereocenters. The van der Waals surface area contributed by atoms with Crippen molar-refractivity contribution in [1.29, 1.82) is 0 Å². The summed E-state index contributed by atoms with van der Waals surface area (Å²) in [6.45, 7) is 3.39. The summed E-state index contributed by atoms with van der Waals surface area (Å²) in [4.78, 5) is 45.2. The first-order valence-electron chi connectivity index (χ1n) is 15.8. The number of amides is 1. The van der Waals surface area contributed by atoms with Crippen molar-refractivity contribution >= 4 is 29.3 Å². The van der Waals surface area contributed by atoms with Gasteiger partial charge >= 0.3 is 5.97 Å². The monoisotopic (exact) mass is 638 g/mol. The van der Waals surface area contributed by atoms with E-state index in [1.54, 1.807) is 24.3 Å². The molecule has 1 unspecified atom stereocenters. The first-order valence-corrected chi connectivity index (χ1v) is 15.8. The number of aliphatic hydroxyl groups excluding tert-OH is 1. The second-order valence-electron chi connectivity index (χ2n) is 11.5. The maximum atomic E-state index is 13.1. The lowest BCUT2D eigenvalue weighted by atomic mass is 10.2. The van der Waals surface area contributed by atoms with Crippen molar-refractivity contribution in [2.75, 3.05) is 63.6 Å². The van der Waals surface area contributed by atoms with E-state index < -0.39 is 6.04 Å². The summed E-state index contributed by atoms with van der Waals surface area (Å²) in [5, 5.41) is 15.8. The van der Waals surface area contributed by atoms with Crippen LogP contribution in [0.5, 0.6) is 0 Å². The lowest BCUT2D eigenvalue weighted by molar-refractivity contribution is -0.153. The largest absolute Gasteiger partial charge is 0.460 e. The van der Waals surface area contributed by atoms with Crippen molar-refractivity contribution in [3.05, 3.63) is 96.3 Å². The molecule has 5 rings (SSSR count). The number of aromatic nitrogens is 3. The molecule has 2 aromatic carbocycles. The predicted molar refractivity (Wildman–Crippen MR) is 181 cm³/mol. The van der Waals surface area contributed by atoms with Crippen LogP contribution in [-0.4, -0.2) is 101 Å². The Balaban J connectivity index is 1.07. The highest BCUT2D eigenvalue weighted by Gasteiger charge is 2.31. The number of aliphatic hydroxyl groups is 1. The smallest absolute Gasteiger partial charge is 0.325 e. The Labute approximate surface area is 275 Å². The molecular weight excluding hydrogens is 596 g/mol. The molecule has 3 heterocycles. The van der Waals surface area contributed by atoms with Gasteiger partial charge in [0.25, 0.3) is 0 Å². The van der Waals surface area contributed by atoms with Crippen LogP contribution in [-0.2, 0) is 27.5 Å². The molecule has 1 aliphatic rings. The third-order valence-electron chi connectivity index (χ3n) is 8.06. The zero-order chi connectivity index (χ0) is 33.0. The van der Waals surface area contributed by atoms with E-state index in [1.165, 1.54) is 0 Å². The van der Waals surface area contributed by atoms with Crippen LogP contribution in [0.1, 0.15) is 17.5 Å². The Bertz CT molecular complexity index is 1600. The van der Waals surface area contributed by atoms with Crippen LogP contribution >= 0.6 is 0 Å². The minimum atomic E-state index is -0.501. The predicted octanol–water partition coefficient (Wildman–Crippen LogP) is 3.08. The Morgan fingerprint density at radius 2 is 1.85 bits per heavy atom. The van der Waals surface area contributed by atoms with E-state index in [0.717, 1.165) is 40.3 Å². The number of hydrogen-bond donors (Lipinski definition) is 3. The van der Waals surface area contributed by atoms with Gasteiger partial charge in [-0.25, -0.2) is 15.0 Å². The van der Waals surface area contributed by atoms with Crippen molar-refractivity contribution in [1.82, 2.24) is 30.1 Å². The average molecular weight is 639 g/mol. The number of esters is 1. The number of piperazine rings is 1. The highest BCUT2D eigenvalue weighted by molar-refractivity contribution is 5.81. The minimum Gasteiger partial charge on any atom is -0.460 e. The molecule has 2 aromatic heterocycles. The molecule has 0 aliphatic carbocycles. The van der Waals surface area contributed by atoms with Gasteiger partial charge in [-0.05, 0) is 47.9 Å². The summed E-state index contributed by atoms with van der Waals surface area (Å²) < 4.78 is 5.57. The van der Waals surface area contributed by atoms with Gasteiger partial charge in [0.2, 0.25) is 11.9 Å². The highest BCUT2D eigenvalue weighted by atomic mass is 16.5.